The van der Waals surface area contributed by atoms with E-state index in [-0.39, 0.29) is 22.8 Å². The van der Waals surface area contributed by atoms with Crippen molar-refractivity contribution < 1.29 is 29.3 Å². The summed E-state index contributed by atoms with van der Waals surface area (Å²) in [4.78, 5) is 32.6. The van der Waals surface area contributed by atoms with Gasteiger partial charge in [-0.2, -0.15) is 0 Å². The van der Waals surface area contributed by atoms with Gasteiger partial charge in [0.1, 0.15) is 11.5 Å². The number of carbonyl (C=O) groups excluding carboxylic acids is 2. The number of aryl methyl sites for hydroxylation is 1. The molecule has 0 radical (unpaired) electrons. The summed E-state index contributed by atoms with van der Waals surface area (Å²) in [5.74, 6) is -1.23. The van der Waals surface area contributed by atoms with E-state index in [1.807, 2.05) is 19.1 Å². The quantitative estimate of drug-likeness (QED) is 0.226. The van der Waals surface area contributed by atoms with Crippen molar-refractivity contribution in [3.63, 3.8) is 0 Å². The highest BCUT2D eigenvalue weighted by molar-refractivity contribution is 7.22. The third-order valence-corrected chi connectivity index (χ3v) is 7.10. The van der Waals surface area contributed by atoms with Gasteiger partial charge in [0.15, 0.2) is 16.6 Å². The van der Waals surface area contributed by atoms with E-state index in [1.54, 1.807) is 43.5 Å². The third kappa shape index (κ3) is 3.83. The van der Waals surface area contributed by atoms with Crippen LogP contribution in [0.25, 0.3) is 16.0 Å². The fourth-order valence-corrected chi connectivity index (χ4v) is 5.22. The molecule has 8 nitrogen and oxygen atoms in total. The number of aromatic hydroxyl groups is 1. The van der Waals surface area contributed by atoms with Crippen molar-refractivity contribution >= 4 is 44.1 Å². The molecule has 1 unspecified atom stereocenters. The molecule has 1 aromatic heterocycles. The summed E-state index contributed by atoms with van der Waals surface area (Å²) < 4.78 is 11.3. The first-order chi connectivity index (χ1) is 17.3. The minimum absolute atomic E-state index is 0.0755. The van der Waals surface area contributed by atoms with Crippen molar-refractivity contribution in [1.29, 1.82) is 0 Å². The first-order valence-electron chi connectivity index (χ1n) is 11.0. The van der Waals surface area contributed by atoms with Crippen LogP contribution in [0.15, 0.2) is 66.2 Å². The minimum Gasteiger partial charge on any atom is -0.507 e. The summed E-state index contributed by atoms with van der Waals surface area (Å²) >= 11 is 1.23. The molecule has 0 spiro atoms. The first-order valence-corrected chi connectivity index (χ1v) is 11.8. The standard InChI is InChI=1S/C27H22N2O6S/c1-14-4-6-15(7-5-14)24(31)22-23(16-8-11-19(30)20(12-16)35-3)29(26(33)25(22)32)27-28-18-10-9-17(34-2)13-21(18)36-27/h4-13,23,30-31H,1-3H3. The lowest BCUT2D eigenvalue weighted by molar-refractivity contribution is -0.132. The van der Waals surface area contributed by atoms with Crippen molar-refractivity contribution in [2.45, 2.75) is 13.0 Å². The number of amides is 1. The Bertz CT molecular complexity index is 1540. The second-order valence-corrected chi connectivity index (χ2v) is 9.31. The van der Waals surface area contributed by atoms with Crippen LogP contribution in [0.3, 0.4) is 0 Å². The number of hydrogen-bond donors (Lipinski definition) is 2. The number of rotatable bonds is 5. The molecule has 0 bridgehead atoms. The van der Waals surface area contributed by atoms with E-state index < -0.39 is 17.7 Å². The summed E-state index contributed by atoms with van der Waals surface area (Å²) in [6.45, 7) is 1.91. The number of aliphatic hydroxyl groups excluding tert-OH is 1. The van der Waals surface area contributed by atoms with E-state index in [4.69, 9.17) is 9.47 Å². The number of phenolic OH excluding ortho intramolecular Hbond substituents is 1. The molecule has 2 heterocycles. The van der Waals surface area contributed by atoms with Crippen LogP contribution >= 0.6 is 11.3 Å². The van der Waals surface area contributed by atoms with Gasteiger partial charge in [0, 0.05) is 5.56 Å². The monoisotopic (exact) mass is 502 g/mol. The van der Waals surface area contributed by atoms with Crippen LogP contribution in [-0.2, 0) is 9.59 Å². The summed E-state index contributed by atoms with van der Waals surface area (Å²) in [6, 6.07) is 15.9. The average Bonchev–Trinajstić information content (AvgIpc) is 3.42. The summed E-state index contributed by atoms with van der Waals surface area (Å²) in [7, 11) is 2.97. The molecule has 1 saturated heterocycles. The molecular formula is C27H22N2O6S. The van der Waals surface area contributed by atoms with Gasteiger partial charge in [0.05, 0.1) is 36.1 Å². The van der Waals surface area contributed by atoms with Gasteiger partial charge in [0.2, 0.25) is 0 Å². The number of Topliss-reactive ketones (excluding diaryl/α,β-unsaturated/α-hetero) is 1. The molecule has 1 atom stereocenters. The molecule has 182 valence electrons. The van der Waals surface area contributed by atoms with Crippen LogP contribution in [0, 0.1) is 6.92 Å². The topological polar surface area (TPSA) is 109 Å². The number of anilines is 1. The Morgan fingerprint density at radius 2 is 1.75 bits per heavy atom. The van der Waals surface area contributed by atoms with Crippen LogP contribution in [0.2, 0.25) is 0 Å². The number of carbonyl (C=O) groups is 2. The SMILES string of the molecule is COc1ccc2nc(N3C(=O)C(=O)C(=C(O)c4ccc(C)cc4)C3c3ccc(O)c(OC)c3)sc2c1. The molecule has 2 N–H and O–H groups in total. The molecule has 1 amide bonds. The minimum atomic E-state index is -0.997. The van der Waals surface area contributed by atoms with Gasteiger partial charge in [-0.1, -0.05) is 47.2 Å². The van der Waals surface area contributed by atoms with Gasteiger partial charge in [-0.05, 0) is 42.8 Å². The summed E-state index contributed by atoms with van der Waals surface area (Å²) in [5.41, 5.74) is 2.42. The molecule has 36 heavy (non-hydrogen) atoms. The Hall–Kier alpha value is -4.37. The molecule has 5 rings (SSSR count). The molecule has 1 aliphatic rings. The van der Waals surface area contributed by atoms with E-state index in [2.05, 4.69) is 4.98 Å². The van der Waals surface area contributed by atoms with Gasteiger partial charge >= 0.3 is 5.91 Å². The number of methoxy groups -OCH3 is 2. The van der Waals surface area contributed by atoms with Gasteiger partial charge in [-0.15, -0.1) is 0 Å². The third-order valence-electron chi connectivity index (χ3n) is 6.08. The maximum Gasteiger partial charge on any atom is 0.301 e. The first kappa shape index (κ1) is 23.4. The zero-order valence-electron chi connectivity index (χ0n) is 19.7. The Kier molecular flexibility index (Phi) is 5.85. The second-order valence-electron chi connectivity index (χ2n) is 8.30. The smallest absolute Gasteiger partial charge is 0.301 e. The van der Waals surface area contributed by atoms with Crippen molar-refractivity contribution in [1.82, 2.24) is 4.98 Å². The van der Waals surface area contributed by atoms with E-state index in [1.165, 1.54) is 35.5 Å². The Morgan fingerprint density at radius 3 is 2.44 bits per heavy atom. The number of thiazole rings is 1. The van der Waals surface area contributed by atoms with Crippen LogP contribution < -0.4 is 14.4 Å². The van der Waals surface area contributed by atoms with Crippen molar-refractivity contribution in [2.75, 3.05) is 19.1 Å². The number of aliphatic hydroxyl groups is 1. The number of ketones is 1. The highest BCUT2D eigenvalue weighted by atomic mass is 32.1. The Balaban J connectivity index is 1.74. The zero-order chi connectivity index (χ0) is 25.6. The highest BCUT2D eigenvalue weighted by Gasteiger charge is 2.48. The second kappa shape index (κ2) is 9.01. The molecular weight excluding hydrogens is 480 g/mol. The van der Waals surface area contributed by atoms with E-state index in [9.17, 15) is 19.8 Å². The fraction of sp³-hybridized carbons (Fsp3) is 0.148. The van der Waals surface area contributed by atoms with Crippen LogP contribution in [-0.4, -0.2) is 41.1 Å². The Labute approximate surface area is 210 Å². The molecule has 3 aromatic carbocycles. The number of hydrogen-bond acceptors (Lipinski definition) is 8. The summed E-state index contributed by atoms with van der Waals surface area (Å²) in [6.07, 6.45) is 0. The molecule has 0 saturated carbocycles. The highest BCUT2D eigenvalue weighted by Crippen LogP contribution is 2.46. The number of aromatic nitrogens is 1. The predicted octanol–water partition coefficient (Wildman–Crippen LogP) is 4.95. The van der Waals surface area contributed by atoms with Crippen molar-refractivity contribution in [3.05, 3.63) is 82.9 Å². The van der Waals surface area contributed by atoms with Crippen molar-refractivity contribution in [2.24, 2.45) is 0 Å². The Morgan fingerprint density at radius 1 is 1.00 bits per heavy atom. The van der Waals surface area contributed by atoms with E-state index in [0.29, 0.717) is 27.5 Å². The number of benzene rings is 3. The van der Waals surface area contributed by atoms with E-state index in [0.717, 1.165) is 10.3 Å². The lowest BCUT2D eigenvalue weighted by Gasteiger charge is -2.23. The van der Waals surface area contributed by atoms with Crippen LogP contribution in [0.1, 0.15) is 22.7 Å². The molecule has 4 aromatic rings. The summed E-state index contributed by atoms with van der Waals surface area (Å²) in [5, 5.41) is 21.7. The van der Waals surface area contributed by atoms with Gasteiger partial charge in [-0.25, -0.2) is 4.98 Å². The van der Waals surface area contributed by atoms with Gasteiger partial charge < -0.3 is 19.7 Å². The van der Waals surface area contributed by atoms with Crippen molar-refractivity contribution in [3.8, 4) is 17.2 Å². The van der Waals surface area contributed by atoms with Crippen LogP contribution in [0.5, 0.6) is 17.2 Å². The maximum atomic E-state index is 13.4. The largest absolute Gasteiger partial charge is 0.507 e. The predicted molar refractivity (Wildman–Crippen MR) is 137 cm³/mol. The number of nitrogens with zero attached hydrogens (tertiary/aromatic N) is 2. The van der Waals surface area contributed by atoms with Gasteiger partial charge in [0.25, 0.3) is 5.78 Å². The molecule has 0 aliphatic carbocycles. The zero-order valence-corrected chi connectivity index (χ0v) is 20.5. The maximum absolute atomic E-state index is 13.4. The average molecular weight is 503 g/mol. The molecule has 9 heteroatoms. The van der Waals surface area contributed by atoms with E-state index >= 15 is 0 Å². The number of ether oxygens (including phenoxy) is 2. The number of phenols is 1. The normalized spacial score (nSPS) is 17.1. The lowest BCUT2D eigenvalue weighted by atomic mass is 9.95. The molecule has 1 aliphatic heterocycles. The van der Waals surface area contributed by atoms with Crippen LogP contribution in [0.4, 0.5) is 5.13 Å². The fourth-order valence-electron chi connectivity index (χ4n) is 4.20. The van der Waals surface area contributed by atoms with Gasteiger partial charge in [-0.3, -0.25) is 14.5 Å². The number of fused-ring (bicyclic) bond motifs is 1. The molecule has 1 fully saturated rings. The lowest BCUT2D eigenvalue weighted by Crippen LogP contribution is -2.29.